The Morgan fingerprint density at radius 1 is 1.36 bits per heavy atom. The molecule has 22 heavy (non-hydrogen) atoms. The van der Waals surface area contributed by atoms with Crippen molar-refractivity contribution in [2.45, 2.75) is 31.3 Å². The molecule has 1 aromatic heterocycles. The summed E-state index contributed by atoms with van der Waals surface area (Å²) in [6, 6.07) is 0. The maximum absolute atomic E-state index is 12.0. The van der Waals surface area contributed by atoms with E-state index in [1.165, 1.54) is 0 Å². The minimum atomic E-state index is -0.340. The molecule has 8 nitrogen and oxygen atoms in total. The molecular formula is C14H22N6O2. The summed E-state index contributed by atoms with van der Waals surface area (Å²) in [6.45, 7) is 1.80. The van der Waals surface area contributed by atoms with Gasteiger partial charge in [0.25, 0.3) is 0 Å². The fourth-order valence-corrected chi connectivity index (χ4v) is 3.27. The van der Waals surface area contributed by atoms with Gasteiger partial charge in [-0.05, 0) is 19.9 Å². The van der Waals surface area contributed by atoms with Crippen LogP contribution in [0.2, 0.25) is 0 Å². The number of nitrogen functional groups attached to an aromatic ring is 2. The molecule has 2 aliphatic rings. The van der Waals surface area contributed by atoms with Crippen LogP contribution in [0.4, 0.5) is 11.8 Å². The largest absolute Gasteiger partial charge is 0.470 e. The van der Waals surface area contributed by atoms with Gasteiger partial charge in [-0.3, -0.25) is 4.79 Å². The molecule has 0 aliphatic carbocycles. The first-order valence-corrected chi connectivity index (χ1v) is 7.56. The standard InChI is InChI=1S/C14H22N6O2/c1-17-8-10(21)20-5-2-3-14(4-6-20)7-9-11(15)18-13(16)19-12(9)22-14/h17H,2-8H2,1H3,(H4,15,16,18,19). The van der Waals surface area contributed by atoms with Gasteiger partial charge < -0.3 is 26.4 Å². The summed E-state index contributed by atoms with van der Waals surface area (Å²) in [5, 5.41) is 2.90. The summed E-state index contributed by atoms with van der Waals surface area (Å²) in [5.41, 5.74) is 12.1. The van der Waals surface area contributed by atoms with E-state index >= 15 is 0 Å². The van der Waals surface area contributed by atoms with Gasteiger partial charge in [-0.2, -0.15) is 9.97 Å². The van der Waals surface area contributed by atoms with Crippen molar-refractivity contribution in [1.82, 2.24) is 20.2 Å². The van der Waals surface area contributed by atoms with E-state index in [9.17, 15) is 4.79 Å². The summed E-state index contributed by atoms with van der Waals surface area (Å²) in [4.78, 5) is 22.1. The minimum Gasteiger partial charge on any atom is -0.470 e. The summed E-state index contributed by atoms with van der Waals surface area (Å²) in [7, 11) is 1.78. The van der Waals surface area contributed by atoms with E-state index in [1.54, 1.807) is 7.05 Å². The molecule has 0 saturated carbocycles. The lowest BCUT2D eigenvalue weighted by atomic mass is 9.90. The topological polar surface area (TPSA) is 119 Å². The number of carbonyl (C=O) groups is 1. The zero-order valence-corrected chi connectivity index (χ0v) is 12.8. The number of nitrogens with zero attached hydrogens (tertiary/aromatic N) is 3. The summed E-state index contributed by atoms with van der Waals surface area (Å²) < 4.78 is 6.10. The van der Waals surface area contributed by atoms with Crippen LogP contribution in [-0.2, 0) is 11.2 Å². The summed E-state index contributed by atoms with van der Waals surface area (Å²) >= 11 is 0. The lowest BCUT2D eigenvalue weighted by Gasteiger charge is -2.27. The van der Waals surface area contributed by atoms with Gasteiger partial charge in [0.1, 0.15) is 11.4 Å². The van der Waals surface area contributed by atoms with Crippen LogP contribution in [0.15, 0.2) is 0 Å². The Balaban J connectivity index is 1.74. The fourth-order valence-electron chi connectivity index (χ4n) is 3.27. The van der Waals surface area contributed by atoms with Crippen LogP contribution in [0, 0.1) is 0 Å². The van der Waals surface area contributed by atoms with Gasteiger partial charge in [0.2, 0.25) is 17.7 Å². The van der Waals surface area contributed by atoms with Crippen molar-refractivity contribution in [3.05, 3.63) is 5.56 Å². The van der Waals surface area contributed by atoms with Gasteiger partial charge in [-0.25, -0.2) is 0 Å². The van der Waals surface area contributed by atoms with Crippen molar-refractivity contribution >= 4 is 17.7 Å². The van der Waals surface area contributed by atoms with Gasteiger partial charge in [0, 0.05) is 25.9 Å². The first-order valence-electron chi connectivity index (χ1n) is 7.56. The first-order chi connectivity index (χ1) is 10.5. The van der Waals surface area contributed by atoms with Gasteiger partial charge in [-0.15, -0.1) is 0 Å². The SMILES string of the molecule is CNCC(=O)N1CCCC2(CC1)Cc1c(N)nc(N)nc1O2. The van der Waals surface area contributed by atoms with Crippen LogP contribution in [0.3, 0.4) is 0 Å². The number of aromatic nitrogens is 2. The van der Waals surface area contributed by atoms with E-state index in [2.05, 4.69) is 15.3 Å². The molecule has 2 aliphatic heterocycles. The summed E-state index contributed by atoms with van der Waals surface area (Å²) in [6.07, 6.45) is 3.21. The predicted octanol–water partition coefficient (Wildman–Crippen LogP) is -0.453. The quantitative estimate of drug-likeness (QED) is 0.676. The second-order valence-electron chi connectivity index (χ2n) is 5.98. The molecule has 1 amide bonds. The van der Waals surface area contributed by atoms with Crippen molar-refractivity contribution in [2.24, 2.45) is 0 Å². The van der Waals surface area contributed by atoms with Gasteiger partial charge in [0.15, 0.2) is 0 Å². The van der Waals surface area contributed by atoms with Gasteiger partial charge in [0.05, 0.1) is 12.1 Å². The minimum absolute atomic E-state index is 0.124. The number of likely N-dealkylation sites (tertiary alicyclic amines) is 1. The Morgan fingerprint density at radius 3 is 2.95 bits per heavy atom. The van der Waals surface area contributed by atoms with Crippen molar-refractivity contribution < 1.29 is 9.53 Å². The molecule has 120 valence electrons. The van der Waals surface area contributed by atoms with Crippen molar-refractivity contribution in [3.8, 4) is 5.88 Å². The zero-order valence-electron chi connectivity index (χ0n) is 12.8. The third-order valence-corrected chi connectivity index (χ3v) is 4.41. The average molecular weight is 306 g/mol. The Morgan fingerprint density at radius 2 is 2.18 bits per heavy atom. The molecular weight excluding hydrogens is 284 g/mol. The molecule has 8 heteroatoms. The highest BCUT2D eigenvalue weighted by atomic mass is 16.5. The average Bonchev–Trinajstić information content (AvgIpc) is 2.68. The number of hydrogen-bond acceptors (Lipinski definition) is 7. The molecule has 0 radical (unpaired) electrons. The second-order valence-corrected chi connectivity index (χ2v) is 5.98. The van der Waals surface area contributed by atoms with E-state index in [1.807, 2.05) is 4.90 Å². The smallest absolute Gasteiger partial charge is 0.236 e. The molecule has 1 spiro atoms. The number of ether oxygens (including phenoxy) is 1. The van der Waals surface area contributed by atoms with Crippen LogP contribution >= 0.6 is 0 Å². The molecule has 1 saturated heterocycles. The molecule has 1 fully saturated rings. The maximum Gasteiger partial charge on any atom is 0.236 e. The van der Waals surface area contributed by atoms with Crippen molar-refractivity contribution in [1.29, 1.82) is 0 Å². The molecule has 1 atom stereocenters. The molecule has 3 rings (SSSR count). The highest BCUT2D eigenvalue weighted by Crippen LogP contribution is 2.42. The second kappa shape index (κ2) is 5.60. The number of amides is 1. The zero-order chi connectivity index (χ0) is 15.7. The molecule has 5 N–H and O–H groups in total. The van der Waals surface area contributed by atoms with Gasteiger partial charge in [-0.1, -0.05) is 0 Å². The maximum atomic E-state index is 12.0. The lowest BCUT2D eigenvalue weighted by Crippen LogP contribution is -2.40. The third kappa shape index (κ3) is 2.66. The van der Waals surface area contributed by atoms with E-state index in [-0.39, 0.29) is 17.5 Å². The third-order valence-electron chi connectivity index (χ3n) is 4.41. The Bertz CT molecular complexity index is 593. The fraction of sp³-hybridized carbons (Fsp3) is 0.643. The van der Waals surface area contributed by atoms with E-state index in [0.717, 1.165) is 31.4 Å². The number of hydrogen-bond donors (Lipinski definition) is 3. The number of likely N-dealkylation sites (N-methyl/N-ethyl adjacent to an activating group) is 1. The number of rotatable bonds is 2. The van der Waals surface area contributed by atoms with Crippen molar-refractivity contribution in [2.75, 3.05) is 38.1 Å². The van der Waals surface area contributed by atoms with Crippen LogP contribution < -0.4 is 21.5 Å². The monoisotopic (exact) mass is 306 g/mol. The van der Waals surface area contributed by atoms with E-state index in [0.29, 0.717) is 31.2 Å². The Hall–Kier alpha value is -2.09. The van der Waals surface area contributed by atoms with Crippen LogP contribution in [0.5, 0.6) is 5.88 Å². The normalized spacial score (nSPS) is 24.0. The number of nitrogens with one attached hydrogen (secondary N) is 1. The molecule has 0 bridgehead atoms. The van der Waals surface area contributed by atoms with E-state index < -0.39 is 0 Å². The van der Waals surface area contributed by atoms with Crippen molar-refractivity contribution in [3.63, 3.8) is 0 Å². The van der Waals surface area contributed by atoms with Crippen LogP contribution in [0.1, 0.15) is 24.8 Å². The van der Waals surface area contributed by atoms with Gasteiger partial charge >= 0.3 is 0 Å². The number of fused-ring (bicyclic) bond motifs is 1. The van der Waals surface area contributed by atoms with E-state index in [4.69, 9.17) is 16.2 Å². The summed E-state index contributed by atoms with van der Waals surface area (Å²) in [5.74, 6) is 1.15. The lowest BCUT2D eigenvalue weighted by molar-refractivity contribution is -0.130. The van der Waals surface area contributed by atoms with Crippen LogP contribution in [-0.4, -0.2) is 53.1 Å². The number of nitrogens with two attached hydrogens (primary N) is 2. The highest BCUT2D eigenvalue weighted by Gasteiger charge is 2.43. The Kier molecular flexibility index (Phi) is 3.78. The van der Waals surface area contributed by atoms with Crippen LogP contribution in [0.25, 0.3) is 0 Å². The molecule has 0 aromatic carbocycles. The highest BCUT2D eigenvalue weighted by molar-refractivity contribution is 5.78. The predicted molar refractivity (Wildman–Crippen MR) is 82.3 cm³/mol. The molecule has 1 unspecified atom stereocenters. The molecule has 1 aromatic rings. The number of anilines is 2. The molecule has 3 heterocycles. The first kappa shape index (κ1) is 14.8. The Labute approximate surface area is 129 Å². The number of carbonyl (C=O) groups excluding carboxylic acids is 1.